The van der Waals surface area contributed by atoms with Gasteiger partial charge in [0.1, 0.15) is 0 Å². The number of rotatable bonds is 3. The second-order valence-corrected chi connectivity index (χ2v) is 6.47. The van der Waals surface area contributed by atoms with Crippen molar-refractivity contribution in [3.05, 3.63) is 16.3 Å². The molecule has 1 fully saturated rings. The fourth-order valence-corrected chi connectivity index (χ4v) is 3.33. The van der Waals surface area contributed by atoms with Crippen molar-refractivity contribution in [1.82, 2.24) is 5.32 Å². The van der Waals surface area contributed by atoms with Gasteiger partial charge in [-0.25, -0.2) is 0 Å². The van der Waals surface area contributed by atoms with E-state index in [9.17, 15) is 0 Å². The highest BCUT2D eigenvalue weighted by atomic mass is 32.1. The third-order valence-corrected chi connectivity index (χ3v) is 4.73. The van der Waals surface area contributed by atoms with Gasteiger partial charge in [0.05, 0.1) is 0 Å². The molecule has 1 unspecified atom stereocenters. The van der Waals surface area contributed by atoms with Gasteiger partial charge in [0.25, 0.3) is 0 Å². The largest absolute Gasteiger partial charge is 0.398 e. The summed E-state index contributed by atoms with van der Waals surface area (Å²) >= 11 is 1.75. The van der Waals surface area contributed by atoms with E-state index in [0.717, 1.165) is 12.2 Å². The Labute approximate surface area is 102 Å². The maximum Gasteiger partial charge on any atom is 0.0468 e. The molecule has 2 rings (SSSR count). The Balaban J connectivity index is 1.92. The van der Waals surface area contributed by atoms with Crippen molar-refractivity contribution in [3.63, 3.8) is 0 Å². The number of nitrogens with two attached hydrogens (primary N) is 1. The number of anilines is 1. The summed E-state index contributed by atoms with van der Waals surface area (Å²) in [7, 11) is 0. The van der Waals surface area contributed by atoms with Gasteiger partial charge < -0.3 is 11.1 Å². The molecule has 0 aliphatic heterocycles. The smallest absolute Gasteiger partial charge is 0.0468 e. The first-order chi connectivity index (χ1) is 7.59. The minimum absolute atomic E-state index is 0.435. The maximum atomic E-state index is 5.89. The van der Waals surface area contributed by atoms with Crippen LogP contribution in [0.25, 0.3) is 0 Å². The lowest BCUT2D eigenvalue weighted by Gasteiger charge is -2.39. The molecule has 1 aliphatic rings. The van der Waals surface area contributed by atoms with Crippen LogP contribution < -0.4 is 11.1 Å². The van der Waals surface area contributed by atoms with Crippen LogP contribution in [0.4, 0.5) is 5.69 Å². The fraction of sp³-hybridized carbons (Fsp3) is 0.692. The lowest BCUT2D eigenvalue weighted by Crippen LogP contribution is -2.43. The van der Waals surface area contributed by atoms with Crippen LogP contribution in [0.2, 0.25) is 0 Å². The molecule has 90 valence electrons. The molecular formula is C13H22N2S. The summed E-state index contributed by atoms with van der Waals surface area (Å²) in [5, 5.41) is 5.75. The van der Waals surface area contributed by atoms with Crippen molar-refractivity contribution in [2.75, 3.05) is 5.73 Å². The zero-order valence-electron chi connectivity index (χ0n) is 10.3. The normalized spacial score (nSPS) is 24.5. The first kappa shape index (κ1) is 11.9. The minimum atomic E-state index is 0.435. The van der Waals surface area contributed by atoms with E-state index in [0.29, 0.717) is 11.5 Å². The number of hydrogen-bond acceptors (Lipinski definition) is 3. The molecule has 1 aromatic rings. The average molecular weight is 238 g/mol. The van der Waals surface area contributed by atoms with Crippen LogP contribution in [0.1, 0.15) is 44.4 Å². The zero-order valence-corrected chi connectivity index (χ0v) is 11.1. The van der Waals surface area contributed by atoms with Crippen LogP contribution in [0.15, 0.2) is 11.4 Å². The Bertz CT molecular complexity index is 343. The van der Waals surface area contributed by atoms with Gasteiger partial charge in [0.15, 0.2) is 0 Å². The monoisotopic (exact) mass is 238 g/mol. The Morgan fingerprint density at radius 2 is 2.31 bits per heavy atom. The highest BCUT2D eigenvalue weighted by molar-refractivity contribution is 7.10. The summed E-state index contributed by atoms with van der Waals surface area (Å²) in [6, 6.07) is 2.64. The Morgan fingerprint density at radius 1 is 1.50 bits per heavy atom. The molecule has 1 atom stereocenters. The number of hydrogen-bond donors (Lipinski definition) is 2. The molecular weight excluding hydrogens is 216 g/mol. The number of thiophene rings is 1. The summed E-state index contributed by atoms with van der Waals surface area (Å²) in [5.74, 6) is 0. The fourth-order valence-electron chi connectivity index (χ4n) is 2.58. The van der Waals surface area contributed by atoms with E-state index in [-0.39, 0.29) is 0 Å². The SMILES string of the molecule is CC1(C)CCCCC1NCc1sccc1N. The second kappa shape index (κ2) is 4.76. The molecule has 0 aromatic carbocycles. The van der Waals surface area contributed by atoms with Gasteiger partial charge in [-0.05, 0) is 29.7 Å². The molecule has 1 aromatic heterocycles. The predicted molar refractivity (Wildman–Crippen MR) is 71.6 cm³/mol. The maximum absolute atomic E-state index is 5.89. The summed E-state index contributed by atoms with van der Waals surface area (Å²) in [5.41, 5.74) is 7.27. The molecule has 1 heterocycles. The van der Waals surface area contributed by atoms with Gasteiger partial charge in [0, 0.05) is 23.2 Å². The molecule has 0 radical (unpaired) electrons. The van der Waals surface area contributed by atoms with Crippen molar-refractivity contribution in [2.24, 2.45) is 5.41 Å². The van der Waals surface area contributed by atoms with Crippen molar-refractivity contribution >= 4 is 17.0 Å². The van der Waals surface area contributed by atoms with E-state index in [2.05, 4.69) is 24.5 Å². The minimum Gasteiger partial charge on any atom is -0.398 e. The number of nitrogens with one attached hydrogen (secondary N) is 1. The van der Waals surface area contributed by atoms with E-state index in [1.807, 2.05) is 6.07 Å². The first-order valence-corrected chi connectivity index (χ1v) is 7.03. The summed E-state index contributed by atoms with van der Waals surface area (Å²) in [4.78, 5) is 1.28. The molecule has 1 saturated carbocycles. The Hall–Kier alpha value is -0.540. The van der Waals surface area contributed by atoms with Crippen LogP contribution in [-0.4, -0.2) is 6.04 Å². The standard InChI is InChI=1S/C13H22N2S/c1-13(2)7-4-3-5-12(13)15-9-11-10(14)6-8-16-11/h6,8,12,15H,3-5,7,9,14H2,1-2H3. The van der Waals surface area contributed by atoms with Crippen LogP contribution in [-0.2, 0) is 6.54 Å². The molecule has 16 heavy (non-hydrogen) atoms. The average Bonchev–Trinajstić information content (AvgIpc) is 2.62. The molecule has 3 heteroatoms. The van der Waals surface area contributed by atoms with Gasteiger partial charge >= 0.3 is 0 Å². The third-order valence-electron chi connectivity index (χ3n) is 3.80. The number of nitrogen functional groups attached to an aromatic ring is 1. The van der Waals surface area contributed by atoms with Crippen LogP contribution in [0, 0.1) is 5.41 Å². The van der Waals surface area contributed by atoms with Gasteiger partial charge in [-0.2, -0.15) is 0 Å². The van der Waals surface area contributed by atoms with Gasteiger partial charge in [-0.1, -0.05) is 26.7 Å². The predicted octanol–water partition coefficient (Wildman–Crippen LogP) is 3.39. The summed E-state index contributed by atoms with van der Waals surface area (Å²) < 4.78 is 0. The van der Waals surface area contributed by atoms with Crippen molar-refractivity contribution in [1.29, 1.82) is 0 Å². The molecule has 3 N–H and O–H groups in total. The van der Waals surface area contributed by atoms with E-state index >= 15 is 0 Å². The molecule has 1 aliphatic carbocycles. The van der Waals surface area contributed by atoms with E-state index < -0.39 is 0 Å². The molecule has 0 spiro atoms. The lowest BCUT2D eigenvalue weighted by molar-refractivity contribution is 0.167. The highest BCUT2D eigenvalue weighted by Crippen LogP contribution is 2.35. The first-order valence-electron chi connectivity index (χ1n) is 6.15. The summed E-state index contributed by atoms with van der Waals surface area (Å²) in [6.07, 6.45) is 5.39. The lowest BCUT2D eigenvalue weighted by atomic mass is 9.73. The highest BCUT2D eigenvalue weighted by Gasteiger charge is 2.31. The Morgan fingerprint density at radius 3 is 2.94 bits per heavy atom. The Kier molecular flexibility index (Phi) is 3.55. The van der Waals surface area contributed by atoms with E-state index in [1.165, 1.54) is 30.6 Å². The van der Waals surface area contributed by atoms with Gasteiger partial charge in [-0.3, -0.25) is 0 Å². The molecule has 0 amide bonds. The van der Waals surface area contributed by atoms with Crippen molar-refractivity contribution < 1.29 is 0 Å². The van der Waals surface area contributed by atoms with Crippen LogP contribution in [0.5, 0.6) is 0 Å². The molecule has 2 nitrogen and oxygen atoms in total. The summed E-state index contributed by atoms with van der Waals surface area (Å²) in [6.45, 7) is 5.68. The molecule has 0 saturated heterocycles. The second-order valence-electron chi connectivity index (χ2n) is 5.47. The topological polar surface area (TPSA) is 38.0 Å². The quantitative estimate of drug-likeness (QED) is 0.847. The van der Waals surface area contributed by atoms with Gasteiger partial charge in [0.2, 0.25) is 0 Å². The van der Waals surface area contributed by atoms with Crippen LogP contribution in [0.3, 0.4) is 0 Å². The van der Waals surface area contributed by atoms with E-state index in [4.69, 9.17) is 5.73 Å². The van der Waals surface area contributed by atoms with Gasteiger partial charge in [-0.15, -0.1) is 11.3 Å². The third kappa shape index (κ3) is 2.58. The van der Waals surface area contributed by atoms with Crippen LogP contribution >= 0.6 is 11.3 Å². The van der Waals surface area contributed by atoms with E-state index in [1.54, 1.807) is 11.3 Å². The van der Waals surface area contributed by atoms with Crippen molar-refractivity contribution in [2.45, 2.75) is 52.1 Å². The van der Waals surface area contributed by atoms with Crippen molar-refractivity contribution in [3.8, 4) is 0 Å². The zero-order chi connectivity index (χ0) is 11.6. The molecule has 0 bridgehead atoms.